The molecule has 0 radical (unpaired) electrons. The van der Waals surface area contributed by atoms with Gasteiger partial charge in [-0.25, -0.2) is 0 Å². The van der Waals surface area contributed by atoms with Gasteiger partial charge in [0.1, 0.15) is 12.4 Å². The van der Waals surface area contributed by atoms with E-state index in [1.54, 1.807) is 19.1 Å². The molecule has 0 saturated carbocycles. The molecule has 1 aromatic carbocycles. The number of halogens is 1. The fourth-order valence-electron chi connectivity index (χ4n) is 1.06. The van der Waals surface area contributed by atoms with Crippen LogP contribution in [0.2, 0.25) is 5.02 Å². The maximum atomic E-state index is 11.1. The average Bonchev–Trinajstić information content (AvgIpc) is 2.26. The van der Waals surface area contributed by atoms with Gasteiger partial charge in [-0.05, 0) is 19.1 Å². The van der Waals surface area contributed by atoms with Crippen molar-refractivity contribution in [3.63, 3.8) is 0 Å². The molecular formula is C11H15ClN2O2. The summed E-state index contributed by atoms with van der Waals surface area (Å²) in [7, 11) is 0. The van der Waals surface area contributed by atoms with Crippen molar-refractivity contribution in [2.75, 3.05) is 13.2 Å². The van der Waals surface area contributed by atoms with E-state index in [9.17, 15) is 4.79 Å². The molecule has 0 heterocycles. The van der Waals surface area contributed by atoms with E-state index in [1.165, 1.54) is 0 Å². The number of rotatable bonds is 5. The zero-order chi connectivity index (χ0) is 12.0. The Labute approximate surface area is 99.7 Å². The lowest BCUT2D eigenvalue weighted by atomic mass is 10.3. The first kappa shape index (κ1) is 12.8. The minimum atomic E-state index is -0.500. The summed E-state index contributed by atoms with van der Waals surface area (Å²) < 4.78 is 5.38. The van der Waals surface area contributed by atoms with Gasteiger partial charge in [0.25, 0.3) is 0 Å². The van der Waals surface area contributed by atoms with Gasteiger partial charge in [-0.2, -0.15) is 0 Å². The van der Waals surface area contributed by atoms with E-state index in [2.05, 4.69) is 5.32 Å². The van der Waals surface area contributed by atoms with Crippen LogP contribution in [0.4, 0.5) is 0 Å². The Kier molecular flexibility index (Phi) is 5.08. The van der Waals surface area contributed by atoms with Crippen LogP contribution in [0, 0.1) is 0 Å². The van der Waals surface area contributed by atoms with E-state index in [0.29, 0.717) is 23.9 Å². The summed E-state index contributed by atoms with van der Waals surface area (Å²) >= 11 is 5.88. The Morgan fingerprint density at radius 2 is 2.25 bits per heavy atom. The molecular weight excluding hydrogens is 228 g/mol. The first-order valence-electron chi connectivity index (χ1n) is 5.02. The molecule has 1 unspecified atom stereocenters. The minimum Gasteiger partial charge on any atom is -0.490 e. The summed E-state index contributed by atoms with van der Waals surface area (Å²) in [6, 6.07) is 6.68. The van der Waals surface area contributed by atoms with Crippen LogP contribution < -0.4 is 15.8 Å². The van der Waals surface area contributed by atoms with Crippen molar-refractivity contribution >= 4 is 17.5 Å². The maximum Gasteiger partial charge on any atom is 0.236 e. The Hall–Kier alpha value is -1.26. The smallest absolute Gasteiger partial charge is 0.236 e. The van der Waals surface area contributed by atoms with Crippen LogP contribution in [0.5, 0.6) is 5.75 Å². The highest BCUT2D eigenvalue weighted by atomic mass is 35.5. The second-order valence-electron chi connectivity index (χ2n) is 3.36. The largest absolute Gasteiger partial charge is 0.490 e. The van der Waals surface area contributed by atoms with Crippen molar-refractivity contribution in [2.45, 2.75) is 13.0 Å². The van der Waals surface area contributed by atoms with Crippen molar-refractivity contribution in [3.05, 3.63) is 29.3 Å². The van der Waals surface area contributed by atoms with Gasteiger partial charge in [-0.1, -0.05) is 23.7 Å². The van der Waals surface area contributed by atoms with Gasteiger partial charge in [0.05, 0.1) is 17.6 Å². The van der Waals surface area contributed by atoms with Gasteiger partial charge in [0.15, 0.2) is 0 Å². The minimum absolute atomic E-state index is 0.192. The lowest BCUT2D eigenvalue weighted by Crippen LogP contribution is -2.40. The number of amides is 1. The van der Waals surface area contributed by atoms with Crippen LogP contribution in [0.3, 0.4) is 0 Å². The number of benzene rings is 1. The molecule has 5 heteroatoms. The summed E-state index contributed by atoms with van der Waals surface area (Å²) in [5.74, 6) is 0.418. The van der Waals surface area contributed by atoms with Crippen molar-refractivity contribution in [1.82, 2.24) is 5.32 Å². The third kappa shape index (κ3) is 4.08. The van der Waals surface area contributed by atoms with E-state index in [4.69, 9.17) is 22.1 Å². The van der Waals surface area contributed by atoms with E-state index in [0.717, 1.165) is 0 Å². The number of carbonyl (C=O) groups excluding carboxylic acids is 1. The van der Waals surface area contributed by atoms with E-state index in [1.807, 2.05) is 12.1 Å². The van der Waals surface area contributed by atoms with Crippen LogP contribution >= 0.6 is 11.6 Å². The molecule has 0 bridgehead atoms. The zero-order valence-electron chi connectivity index (χ0n) is 9.07. The molecule has 16 heavy (non-hydrogen) atoms. The van der Waals surface area contributed by atoms with Crippen LogP contribution in [0.1, 0.15) is 6.92 Å². The number of para-hydroxylation sites is 1. The highest BCUT2D eigenvalue weighted by Crippen LogP contribution is 2.22. The van der Waals surface area contributed by atoms with Gasteiger partial charge < -0.3 is 15.8 Å². The molecule has 0 spiro atoms. The number of hydrogen-bond acceptors (Lipinski definition) is 3. The highest BCUT2D eigenvalue weighted by molar-refractivity contribution is 6.32. The number of carbonyl (C=O) groups is 1. The lowest BCUT2D eigenvalue weighted by molar-refractivity contribution is -0.122. The van der Waals surface area contributed by atoms with Gasteiger partial charge in [-0.15, -0.1) is 0 Å². The molecule has 0 aromatic heterocycles. The monoisotopic (exact) mass is 242 g/mol. The Balaban J connectivity index is 2.26. The predicted octanol–water partition coefficient (Wildman–Crippen LogP) is 1.18. The summed E-state index contributed by atoms with van der Waals surface area (Å²) in [6.45, 7) is 2.40. The van der Waals surface area contributed by atoms with E-state index < -0.39 is 6.04 Å². The molecule has 1 aromatic rings. The fourth-order valence-corrected chi connectivity index (χ4v) is 1.25. The molecule has 88 valence electrons. The fraction of sp³-hybridized carbons (Fsp3) is 0.364. The molecule has 1 atom stereocenters. The van der Waals surface area contributed by atoms with Crippen molar-refractivity contribution in [3.8, 4) is 5.75 Å². The second kappa shape index (κ2) is 6.35. The van der Waals surface area contributed by atoms with Gasteiger partial charge >= 0.3 is 0 Å². The topological polar surface area (TPSA) is 64.4 Å². The first-order valence-corrected chi connectivity index (χ1v) is 5.39. The van der Waals surface area contributed by atoms with Gasteiger partial charge in [0, 0.05) is 0 Å². The van der Waals surface area contributed by atoms with Crippen molar-refractivity contribution in [1.29, 1.82) is 0 Å². The number of nitrogens with one attached hydrogen (secondary N) is 1. The van der Waals surface area contributed by atoms with Crippen LogP contribution in [-0.2, 0) is 4.79 Å². The summed E-state index contributed by atoms with van der Waals surface area (Å²) in [6.07, 6.45) is 0. The quantitative estimate of drug-likeness (QED) is 0.763. The van der Waals surface area contributed by atoms with Crippen LogP contribution in [-0.4, -0.2) is 25.1 Å². The Morgan fingerprint density at radius 1 is 1.56 bits per heavy atom. The molecule has 0 aliphatic heterocycles. The molecule has 1 amide bonds. The maximum absolute atomic E-state index is 11.1. The number of ether oxygens (including phenoxy) is 1. The number of hydrogen-bond donors (Lipinski definition) is 2. The third-order valence-corrected chi connectivity index (χ3v) is 2.22. The molecule has 4 nitrogen and oxygen atoms in total. The Bertz CT molecular complexity index is 356. The van der Waals surface area contributed by atoms with Crippen molar-refractivity contribution < 1.29 is 9.53 Å². The first-order chi connectivity index (χ1) is 7.61. The lowest BCUT2D eigenvalue weighted by Gasteiger charge is -2.09. The second-order valence-corrected chi connectivity index (χ2v) is 3.77. The average molecular weight is 243 g/mol. The molecule has 0 fully saturated rings. The Morgan fingerprint density at radius 3 is 2.88 bits per heavy atom. The van der Waals surface area contributed by atoms with Gasteiger partial charge in [-0.3, -0.25) is 4.79 Å². The summed E-state index contributed by atoms with van der Waals surface area (Å²) in [5, 5.41) is 3.20. The summed E-state index contributed by atoms with van der Waals surface area (Å²) in [4.78, 5) is 11.1. The standard InChI is InChI=1S/C11H15ClN2O2/c1-8(13)11(15)14-6-7-16-10-5-3-2-4-9(10)12/h2-5,8H,6-7,13H2,1H3,(H,14,15). The molecule has 3 N–H and O–H groups in total. The highest BCUT2D eigenvalue weighted by Gasteiger charge is 2.05. The zero-order valence-corrected chi connectivity index (χ0v) is 9.83. The molecule has 1 rings (SSSR count). The van der Waals surface area contributed by atoms with Crippen LogP contribution in [0.15, 0.2) is 24.3 Å². The predicted molar refractivity (Wildman–Crippen MR) is 63.6 cm³/mol. The molecule has 0 aliphatic rings. The van der Waals surface area contributed by atoms with Crippen LogP contribution in [0.25, 0.3) is 0 Å². The van der Waals surface area contributed by atoms with E-state index >= 15 is 0 Å². The van der Waals surface area contributed by atoms with E-state index in [-0.39, 0.29) is 5.91 Å². The van der Waals surface area contributed by atoms with Gasteiger partial charge in [0.2, 0.25) is 5.91 Å². The normalized spacial score (nSPS) is 11.9. The SMILES string of the molecule is CC(N)C(=O)NCCOc1ccccc1Cl. The summed E-state index contributed by atoms with van der Waals surface area (Å²) in [5.41, 5.74) is 5.38. The number of nitrogens with two attached hydrogens (primary N) is 1. The molecule has 0 aliphatic carbocycles. The molecule has 0 saturated heterocycles. The van der Waals surface area contributed by atoms with Crippen molar-refractivity contribution in [2.24, 2.45) is 5.73 Å². The third-order valence-electron chi connectivity index (χ3n) is 1.91.